The first kappa shape index (κ1) is 14.5. The molecule has 0 saturated heterocycles. The van der Waals surface area contributed by atoms with Gasteiger partial charge in [0.1, 0.15) is 0 Å². The quantitative estimate of drug-likeness (QED) is 0.808. The molecule has 6 heteroatoms. The third-order valence-electron chi connectivity index (χ3n) is 3.00. The van der Waals surface area contributed by atoms with E-state index in [9.17, 15) is 9.59 Å². The fourth-order valence-corrected chi connectivity index (χ4v) is 1.90. The van der Waals surface area contributed by atoms with Gasteiger partial charge in [-0.3, -0.25) is 4.98 Å². The smallest absolute Gasteiger partial charge is 0.337 e. The molecule has 2 amide bonds. The Kier molecular flexibility index (Phi) is 4.18. The lowest BCUT2D eigenvalue weighted by atomic mass is 10.1. The molecule has 1 aromatic carbocycles. The van der Waals surface area contributed by atoms with Gasteiger partial charge in [-0.05, 0) is 37.6 Å². The van der Waals surface area contributed by atoms with Crippen LogP contribution in [0.1, 0.15) is 21.6 Å². The summed E-state index contributed by atoms with van der Waals surface area (Å²) in [6.07, 6.45) is 1.63. The Bertz CT molecular complexity index is 698. The van der Waals surface area contributed by atoms with Crippen LogP contribution in [0.4, 0.5) is 16.2 Å². The first-order chi connectivity index (χ1) is 9.99. The standard InChI is InChI=1S/C15H15N3O3/c1-9-5-3-6-11(14(19)20)13(9)18-15(21)17-12-7-4-8-16-10(12)2/h3-8H,1-2H3,(H,19,20)(H2,17,18,21). The van der Waals surface area contributed by atoms with Crippen molar-refractivity contribution in [3.63, 3.8) is 0 Å². The molecule has 3 N–H and O–H groups in total. The number of carboxylic acids is 1. The number of pyridine rings is 1. The topological polar surface area (TPSA) is 91.3 Å². The van der Waals surface area contributed by atoms with Crippen LogP contribution in [0.5, 0.6) is 0 Å². The van der Waals surface area contributed by atoms with E-state index in [1.54, 1.807) is 44.3 Å². The number of aromatic carboxylic acids is 1. The number of rotatable bonds is 3. The Hall–Kier alpha value is -2.89. The Morgan fingerprint density at radius 2 is 1.86 bits per heavy atom. The van der Waals surface area contributed by atoms with Crippen LogP contribution >= 0.6 is 0 Å². The van der Waals surface area contributed by atoms with E-state index < -0.39 is 12.0 Å². The van der Waals surface area contributed by atoms with Crippen LogP contribution in [0, 0.1) is 13.8 Å². The van der Waals surface area contributed by atoms with E-state index in [0.29, 0.717) is 16.9 Å². The lowest BCUT2D eigenvalue weighted by molar-refractivity contribution is 0.0698. The molecule has 2 aromatic rings. The number of benzene rings is 1. The predicted molar refractivity (Wildman–Crippen MR) is 79.8 cm³/mol. The lowest BCUT2D eigenvalue weighted by Crippen LogP contribution is -2.22. The minimum absolute atomic E-state index is 0.0491. The van der Waals surface area contributed by atoms with Gasteiger partial charge >= 0.3 is 12.0 Å². The van der Waals surface area contributed by atoms with Gasteiger partial charge in [0, 0.05) is 6.20 Å². The zero-order valence-corrected chi connectivity index (χ0v) is 11.7. The van der Waals surface area contributed by atoms with Crippen molar-refractivity contribution >= 4 is 23.4 Å². The maximum absolute atomic E-state index is 12.0. The van der Waals surface area contributed by atoms with Crippen molar-refractivity contribution < 1.29 is 14.7 Å². The van der Waals surface area contributed by atoms with Crippen LogP contribution in [0.15, 0.2) is 36.5 Å². The van der Waals surface area contributed by atoms with E-state index in [0.717, 1.165) is 0 Å². The second-order valence-electron chi connectivity index (χ2n) is 4.52. The van der Waals surface area contributed by atoms with Crippen LogP contribution in [-0.4, -0.2) is 22.1 Å². The first-order valence-electron chi connectivity index (χ1n) is 6.31. The largest absolute Gasteiger partial charge is 0.478 e. The molecule has 0 aliphatic heterocycles. The van der Waals surface area contributed by atoms with Crippen LogP contribution in [-0.2, 0) is 0 Å². The van der Waals surface area contributed by atoms with Gasteiger partial charge < -0.3 is 15.7 Å². The summed E-state index contributed by atoms with van der Waals surface area (Å²) in [6, 6.07) is 7.73. The lowest BCUT2D eigenvalue weighted by Gasteiger charge is -2.13. The number of nitrogens with one attached hydrogen (secondary N) is 2. The molecular formula is C15H15N3O3. The minimum Gasteiger partial charge on any atom is -0.478 e. The summed E-state index contributed by atoms with van der Waals surface area (Å²) < 4.78 is 0. The molecule has 0 bridgehead atoms. The van der Waals surface area contributed by atoms with Crippen molar-refractivity contribution in [1.82, 2.24) is 4.98 Å². The number of hydrogen-bond acceptors (Lipinski definition) is 3. The number of anilines is 2. The van der Waals surface area contributed by atoms with Crippen molar-refractivity contribution in [3.8, 4) is 0 Å². The molecule has 0 radical (unpaired) electrons. The van der Waals surface area contributed by atoms with Gasteiger partial charge in [0.15, 0.2) is 0 Å². The number of carboxylic acid groups (broad SMARTS) is 1. The van der Waals surface area contributed by atoms with Crippen LogP contribution in [0.3, 0.4) is 0 Å². The van der Waals surface area contributed by atoms with Crippen molar-refractivity contribution in [2.75, 3.05) is 10.6 Å². The molecule has 0 aliphatic carbocycles. The fourth-order valence-electron chi connectivity index (χ4n) is 1.90. The van der Waals surface area contributed by atoms with Crippen LogP contribution in [0.2, 0.25) is 0 Å². The SMILES string of the molecule is Cc1cccc(C(=O)O)c1NC(=O)Nc1cccnc1C. The van der Waals surface area contributed by atoms with Gasteiger partial charge in [-0.2, -0.15) is 0 Å². The van der Waals surface area contributed by atoms with Gasteiger partial charge in [-0.1, -0.05) is 12.1 Å². The highest BCUT2D eigenvalue weighted by Gasteiger charge is 2.14. The molecule has 2 rings (SSSR count). The molecule has 1 heterocycles. The number of aryl methyl sites for hydroxylation is 2. The summed E-state index contributed by atoms with van der Waals surface area (Å²) in [5, 5.41) is 14.4. The summed E-state index contributed by atoms with van der Waals surface area (Å²) >= 11 is 0. The average molecular weight is 285 g/mol. The molecule has 21 heavy (non-hydrogen) atoms. The monoisotopic (exact) mass is 285 g/mol. The first-order valence-corrected chi connectivity index (χ1v) is 6.31. The van der Waals surface area contributed by atoms with Crippen LogP contribution < -0.4 is 10.6 Å². The van der Waals surface area contributed by atoms with Crippen molar-refractivity contribution in [2.24, 2.45) is 0 Å². The zero-order valence-electron chi connectivity index (χ0n) is 11.7. The number of nitrogens with zero attached hydrogens (tertiary/aromatic N) is 1. The third kappa shape index (κ3) is 3.36. The van der Waals surface area contributed by atoms with Gasteiger partial charge in [0.25, 0.3) is 0 Å². The zero-order chi connectivity index (χ0) is 15.4. The third-order valence-corrected chi connectivity index (χ3v) is 3.00. The number of urea groups is 1. The number of hydrogen-bond donors (Lipinski definition) is 3. The Balaban J connectivity index is 2.21. The normalized spacial score (nSPS) is 10.0. The fraction of sp³-hybridized carbons (Fsp3) is 0.133. The predicted octanol–water partition coefficient (Wildman–Crippen LogP) is 3.04. The molecule has 1 aromatic heterocycles. The molecule has 0 aliphatic rings. The van der Waals surface area contributed by atoms with Gasteiger partial charge in [0.05, 0.1) is 22.6 Å². The van der Waals surface area contributed by atoms with E-state index in [1.807, 2.05) is 0 Å². The maximum atomic E-state index is 12.0. The highest BCUT2D eigenvalue weighted by atomic mass is 16.4. The molecular weight excluding hydrogens is 270 g/mol. The number of aromatic nitrogens is 1. The summed E-state index contributed by atoms with van der Waals surface area (Å²) in [5.74, 6) is -1.09. The van der Waals surface area contributed by atoms with Crippen molar-refractivity contribution in [1.29, 1.82) is 0 Å². The van der Waals surface area contributed by atoms with E-state index in [-0.39, 0.29) is 11.3 Å². The van der Waals surface area contributed by atoms with Gasteiger partial charge in [-0.25, -0.2) is 9.59 Å². The number of amides is 2. The summed E-state index contributed by atoms with van der Waals surface area (Å²) in [6.45, 7) is 3.50. The molecule has 0 fully saturated rings. The summed E-state index contributed by atoms with van der Waals surface area (Å²) in [4.78, 5) is 27.3. The molecule has 6 nitrogen and oxygen atoms in total. The van der Waals surface area contributed by atoms with Gasteiger partial charge in [0.2, 0.25) is 0 Å². The molecule has 0 spiro atoms. The number of carbonyl (C=O) groups is 2. The second kappa shape index (κ2) is 6.04. The Labute approximate surface area is 121 Å². The Morgan fingerprint density at radius 3 is 2.52 bits per heavy atom. The Morgan fingerprint density at radius 1 is 1.10 bits per heavy atom. The molecule has 0 atom stereocenters. The minimum atomic E-state index is -1.09. The maximum Gasteiger partial charge on any atom is 0.337 e. The van der Waals surface area contributed by atoms with Gasteiger partial charge in [-0.15, -0.1) is 0 Å². The van der Waals surface area contributed by atoms with E-state index in [1.165, 1.54) is 6.07 Å². The molecule has 108 valence electrons. The summed E-state index contributed by atoms with van der Waals surface area (Å²) in [5.41, 5.74) is 2.25. The van der Waals surface area contributed by atoms with Crippen molar-refractivity contribution in [2.45, 2.75) is 13.8 Å². The highest BCUT2D eigenvalue weighted by Crippen LogP contribution is 2.21. The van der Waals surface area contributed by atoms with E-state index >= 15 is 0 Å². The summed E-state index contributed by atoms with van der Waals surface area (Å²) in [7, 11) is 0. The van der Waals surface area contributed by atoms with Crippen LogP contribution in [0.25, 0.3) is 0 Å². The second-order valence-corrected chi connectivity index (χ2v) is 4.52. The number of carbonyl (C=O) groups excluding carboxylic acids is 1. The number of para-hydroxylation sites is 1. The molecule has 0 unspecified atom stereocenters. The van der Waals surface area contributed by atoms with E-state index in [2.05, 4.69) is 15.6 Å². The molecule has 0 saturated carbocycles. The average Bonchev–Trinajstić information content (AvgIpc) is 2.43. The van der Waals surface area contributed by atoms with E-state index in [4.69, 9.17) is 5.11 Å². The van der Waals surface area contributed by atoms with Crippen molar-refractivity contribution in [3.05, 3.63) is 53.3 Å². The highest BCUT2D eigenvalue weighted by molar-refractivity contribution is 6.05.